The molecule has 0 fully saturated rings. The second-order valence-electron chi connectivity index (χ2n) is 8.99. The van der Waals surface area contributed by atoms with Crippen molar-refractivity contribution in [2.75, 3.05) is 6.54 Å². The summed E-state index contributed by atoms with van der Waals surface area (Å²) in [6.07, 6.45) is 3.30. The molecule has 3 heterocycles. The molecule has 2 aromatic carbocycles. The van der Waals surface area contributed by atoms with Gasteiger partial charge in [-0.25, -0.2) is 4.79 Å². The van der Waals surface area contributed by atoms with Crippen LogP contribution in [0.1, 0.15) is 40.0 Å². The van der Waals surface area contributed by atoms with E-state index in [9.17, 15) is 9.59 Å². The lowest BCUT2D eigenvalue weighted by Crippen LogP contribution is -2.26. The first-order valence-corrected chi connectivity index (χ1v) is 11.6. The number of aromatic amines is 1. The van der Waals surface area contributed by atoms with Crippen molar-refractivity contribution in [2.45, 2.75) is 47.0 Å². The molecule has 0 atom stereocenters. The lowest BCUT2D eigenvalue weighted by atomic mass is 9.98. The molecule has 0 saturated heterocycles. The number of carbonyl (C=O) groups is 1. The molecule has 0 aliphatic rings. The zero-order valence-corrected chi connectivity index (χ0v) is 19.9. The van der Waals surface area contributed by atoms with Crippen LogP contribution >= 0.6 is 0 Å². The molecule has 2 N–H and O–H groups in total. The molecule has 5 rings (SSSR count). The number of furan rings is 1. The van der Waals surface area contributed by atoms with Gasteiger partial charge in [0.15, 0.2) is 0 Å². The zero-order valence-electron chi connectivity index (χ0n) is 19.9. The van der Waals surface area contributed by atoms with Crippen molar-refractivity contribution in [2.24, 2.45) is 0 Å². The van der Waals surface area contributed by atoms with Gasteiger partial charge in [0.25, 0.3) is 0 Å². The maximum Gasteiger partial charge on any atom is 0.339 e. The number of para-hydroxylation sites is 1. The van der Waals surface area contributed by atoms with E-state index in [1.165, 1.54) is 10.9 Å². The van der Waals surface area contributed by atoms with E-state index in [1.54, 1.807) is 0 Å². The number of carbonyl (C=O) groups excluding carboxylic acids is 1. The van der Waals surface area contributed by atoms with E-state index in [-0.39, 0.29) is 18.0 Å². The number of hydrogen-bond acceptors (Lipinski definition) is 4. The molecule has 6 heteroatoms. The second-order valence-corrected chi connectivity index (χ2v) is 8.99. The van der Waals surface area contributed by atoms with E-state index in [1.807, 2.05) is 58.2 Å². The monoisotopic (exact) mass is 456 g/mol. The number of H-pyrrole nitrogens is 1. The summed E-state index contributed by atoms with van der Waals surface area (Å²) in [7, 11) is 0. The minimum atomic E-state index is -0.390. The van der Waals surface area contributed by atoms with Crippen LogP contribution < -0.4 is 10.9 Å². The Hall–Kier alpha value is -3.80. The van der Waals surface area contributed by atoms with Crippen LogP contribution in [0.4, 0.5) is 0 Å². The third-order valence-corrected chi connectivity index (χ3v) is 6.94. The number of aryl methyl sites for hydroxylation is 4. The van der Waals surface area contributed by atoms with E-state index >= 15 is 0 Å². The molecule has 174 valence electrons. The van der Waals surface area contributed by atoms with E-state index in [2.05, 4.69) is 16.4 Å². The number of amides is 1. The van der Waals surface area contributed by atoms with E-state index in [4.69, 9.17) is 8.83 Å². The molecule has 3 aromatic heterocycles. The minimum absolute atomic E-state index is 0.0772. The minimum Gasteiger partial charge on any atom is -0.461 e. The topological polar surface area (TPSA) is 88.2 Å². The summed E-state index contributed by atoms with van der Waals surface area (Å²) in [5, 5.41) is 6.07. The average Bonchev–Trinajstić information content (AvgIpc) is 3.36. The summed E-state index contributed by atoms with van der Waals surface area (Å²) in [4.78, 5) is 28.6. The molecular weight excluding hydrogens is 428 g/mol. The summed E-state index contributed by atoms with van der Waals surface area (Å²) in [6.45, 7) is 8.35. The van der Waals surface area contributed by atoms with Gasteiger partial charge in [-0.15, -0.1) is 0 Å². The van der Waals surface area contributed by atoms with Crippen LogP contribution in [0.15, 0.2) is 50.2 Å². The first-order chi connectivity index (χ1) is 16.3. The highest BCUT2D eigenvalue weighted by Gasteiger charge is 2.19. The molecule has 5 aromatic rings. The Bertz CT molecular complexity index is 1620. The number of nitrogens with one attached hydrogen (secondary N) is 2. The normalized spacial score (nSPS) is 11.6. The lowest BCUT2D eigenvalue weighted by molar-refractivity contribution is -0.121. The first-order valence-electron chi connectivity index (χ1n) is 11.6. The van der Waals surface area contributed by atoms with Crippen molar-refractivity contribution in [1.82, 2.24) is 10.3 Å². The summed E-state index contributed by atoms with van der Waals surface area (Å²) >= 11 is 0. The molecule has 0 aliphatic heterocycles. The molecule has 0 unspecified atom stereocenters. The fourth-order valence-electron chi connectivity index (χ4n) is 4.78. The summed E-state index contributed by atoms with van der Waals surface area (Å²) in [6, 6.07) is 10.2. The van der Waals surface area contributed by atoms with Gasteiger partial charge in [0, 0.05) is 52.0 Å². The van der Waals surface area contributed by atoms with Gasteiger partial charge < -0.3 is 19.1 Å². The third-order valence-electron chi connectivity index (χ3n) is 6.94. The third kappa shape index (κ3) is 3.69. The number of aromatic nitrogens is 1. The number of rotatable bonds is 6. The van der Waals surface area contributed by atoms with Crippen LogP contribution in [0.2, 0.25) is 0 Å². The van der Waals surface area contributed by atoms with Gasteiger partial charge in [-0.2, -0.15) is 0 Å². The lowest BCUT2D eigenvalue weighted by Gasteiger charge is -2.10. The molecule has 0 saturated carbocycles. The van der Waals surface area contributed by atoms with Crippen molar-refractivity contribution in [3.8, 4) is 0 Å². The summed E-state index contributed by atoms with van der Waals surface area (Å²) in [5.41, 5.74) is 6.51. The molecule has 0 radical (unpaired) electrons. The van der Waals surface area contributed by atoms with Crippen molar-refractivity contribution in [3.05, 3.63) is 80.5 Å². The van der Waals surface area contributed by atoms with E-state index < -0.39 is 0 Å². The van der Waals surface area contributed by atoms with Crippen LogP contribution in [0, 0.1) is 27.7 Å². The SMILES string of the molecule is Cc1oc2c(C)c3oc(=O)c(CCC(=O)NCCc4c[nH]c5ccccc45)c(C)c3cc2c1C. The van der Waals surface area contributed by atoms with Crippen molar-refractivity contribution >= 4 is 38.7 Å². The fourth-order valence-corrected chi connectivity index (χ4v) is 4.78. The van der Waals surface area contributed by atoms with Crippen molar-refractivity contribution in [1.29, 1.82) is 0 Å². The van der Waals surface area contributed by atoms with Gasteiger partial charge in [-0.3, -0.25) is 4.79 Å². The van der Waals surface area contributed by atoms with Gasteiger partial charge in [0.2, 0.25) is 5.91 Å². The Labute approximate surface area is 196 Å². The summed E-state index contributed by atoms with van der Waals surface area (Å²) in [5.74, 6) is 0.782. The van der Waals surface area contributed by atoms with Gasteiger partial charge in [-0.1, -0.05) is 18.2 Å². The van der Waals surface area contributed by atoms with Crippen LogP contribution in [-0.2, 0) is 17.6 Å². The highest BCUT2D eigenvalue weighted by atomic mass is 16.4. The Morgan fingerprint density at radius 1 is 0.912 bits per heavy atom. The smallest absolute Gasteiger partial charge is 0.339 e. The van der Waals surface area contributed by atoms with E-state index in [0.29, 0.717) is 24.1 Å². The zero-order chi connectivity index (χ0) is 24.0. The van der Waals surface area contributed by atoms with Crippen LogP contribution in [0.3, 0.4) is 0 Å². The van der Waals surface area contributed by atoms with Crippen LogP contribution in [0.25, 0.3) is 32.8 Å². The first kappa shape index (κ1) is 22.0. The molecule has 0 aliphatic carbocycles. The second kappa shape index (κ2) is 8.52. The molecule has 34 heavy (non-hydrogen) atoms. The average molecular weight is 457 g/mol. The predicted molar refractivity (Wildman–Crippen MR) is 135 cm³/mol. The maximum absolute atomic E-state index is 12.8. The fraction of sp³-hybridized carbons (Fsp3) is 0.286. The Balaban J connectivity index is 1.31. The molecular formula is C28H28N2O4. The van der Waals surface area contributed by atoms with Crippen LogP contribution in [-0.4, -0.2) is 17.4 Å². The molecule has 0 spiro atoms. The predicted octanol–water partition coefficient (Wildman–Crippen LogP) is 5.55. The number of benzene rings is 2. The molecule has 1 amide bonds. The molecule has 0 bridgehead atoms. The van der Waals surface area contributed by atoms with Gasteiger partial charge in [0.1, 0.15) is 16.9 Å². The number of hydrogen-bond donors (Lipinski definition) is 2. The summed E-state index contributed by atoms with van der Waals surface area (Å²) < 4.78 is 11.6. The van der Waals surface area contributed by atoms with Crippen molar-refractivity contribution in [3.63, 3.8) is 0 Å². The van der Waals surface area contributed by atoms with Gasteiger partial charge in [0.05, 0.1) is 0 Å². The van der Waals surface area contributed by atoms with Gasteiger partial charge in [-0.05, 0) is 69.4 Å². The van der Waals surface area contributed by atoms with E-state index in [0.717, 1.165) is 50.7 Å². The largest absolute Gasteiger partial charge is 0.461 e. The van der Waals surface area contributed by atoms with Gasteiger partial charge >= 0.3 is 5.63 Å². The number of fused-ring (bicyclic) bond motifs is 3. The standard InChI is InChI=1S/C28H28N2O4/c1-15-18(4)33-26-17(3)27-23(13-22(15)26)16(2)20(28(32)34-27)9-10-25(31)29-12-11-19-14-30-24-8-6-5-7-21(19)24/h5-8,13-14,30H,9-12H2,1-4H3,(H,29,31). The molecule has 6 nitrogen and oxygen atoms in total. The Kier molecular flexibility index (Phi) is 5.52. The highest BCUT2D eigenvalue weighted by Crippen LogP contribution is 2.34. The Morgan fingerprint density at radius 3 is 2.47 bits per heavy atom. The Morgan fingerprint density at radius 2 is 1.65 bits per heavy atom. The quantitative estimate of drug-likeness (QED) is 0.328. The van der Waals surface area contributed by atoms with Crippen LogP contribution in [0.5, 0.6) is 0 Å². The van der Waals surface area contributed by atoms with Crippen molar-refractivity contribution < 1.29 is 13.6 Å². The maximum atomic E-state index is 12.8. The highest BCUT2D eigenvalue weighted by molar-refractivity contribution is 6.00.